The van der Waals surface area contributed by atoms with Crippen LogP contribution >= 0.6 is 11.6 Å². The molecule has 0 saturated carbocycles. The molecule has 2 heterocycles. The third-order valence-corrected chi connectivity index (χ3v) is 4.13. The van der Waals surface area contributed by atoms with Gasteiger partial charge < -0.3 is 9.42 Å². The van der Waals surface area contributed by atoms with E-state index in [-0.39, 0.29) is 11.3 Å². The van der Waals surface area contributed by atoms with Crippen molar-refractivity contribution in [1.82, 2.24) is 10.1 Å². The van der Waals surface area contributed by atoms with Crippen LogP contribution < -0.4 is 0 Å². The number of benzene rings is 1. The molecule has 0 N–H and O–H groups in total. The van der Waals surface area contributed by atoms with Gasteiger partial charge in [-0.1, -0.05) is 37.5 Å². The summed E-state index contributed by atoms with van der Waals surface area (Å²) in [6, 6.07) is 7.53. The highest BCUT2D eigenvalue weighted by Crippen LogP contribution is 2.32. The Morgan fingerprint density at radius 1 is 1.27 bits per heavy atom. The third kappa shape index (κ3) is 2.75. The molecule has 1 aliphatic heterocycles. The van der Waals surface area contributed by atoms with Gasteiger partial charge in [0.25, 0.3) is 0 Å². The molecule has 1 aromatic heterocycles. The van der Waals surface area contributed by atoms with E-state index in [1.54, 1.807) is 0 Å². The Bertz CT molecular complexity index is 698. The van der Waals surface area contributed by atoms with Crippen LogP contribution in [-0.4, -0.2) is 22.5 Å². The van der Waals surface area contributed by atoms with Crippen molar-refractivity contribution in [2.45, 2.75) is 33.7 Å². The number of amides is 1. The molecule has 0 bridgehead atoms. The lowest BCUT2D eigenvalue weighted by Crippen LogP contribution is -2.42. The lowest BCUT2D eigenvalue weighted by molar-refractivity contribution is -0.140. The maximum atomic E-state index is 12.4. The van der Waals surface area contributed by atoms with Gasteiger partial charge in [0.05, 0.1) is 6.54 Å². The highest BCUT2D eigenvalue weighted by Gasteiger charge is 2.32. The van der Waals surface area contributed by atoms with Gasteiger partial charge in [0.2, 0.25) is 5.91 Å². The SMILES string of the molecule is CC(C)(C)C(=O)N1CCc2c(noc2-c2ccc(Cl)cc2)C1. The number of aromatic nitrogens is 1. The lowest BCUT2D eigenvalue weighted by Gasteiger charge is -2.31. The molecule has 116 valence electrons. The Kier molecular flexibility index (Phi) is 3.73. The topological polar surface area (TPSA) is 46.3 Å². The van der Waals surface area contributed by atoms with Gasteiger partial charge in [0.15, 0.2) is 5.76 Å². The highest BCUT2D eigenvalue weighted by atomic mass is 35.5. The molecule has 0 fully saturated rings. The fourth-order valence-corrected chi connectivity index (χ4v) is 2.83. The number of halogens is 1. The summed E-state index contributed by atoms with van der Waals surface area (Å²) in [5.74, 6) is 0.934. The molecule has 2 aromatic rings. The molecule has 22 heavy (non-hydrogen) atoms. The number of carbonyl (C=O) groups is 1. The molecule has 1 aromatic carbocycles. The molecule has 5 heteroatoms. The van der Waals surface area contributed by atoms with Crippen LogP contribution in [0.2, 0.25) is 5.02 Å². The fraction of sp³-hybridized carbons (Fsp3) is 0.412. The van der Waals surface area contributed by atoms with E-state index in [4.69, 9.17) is 16.1 Å². The summed E-state index contributed by atoms with van der Waals surface area (Å²) < 4.78 is 5.53. The first-order valence-corrected chi connectivity index (χ1v) is 7.77. The van der Waals surface area contributed by atoms with Gasteiger partial charge in [-0.2, -0.15) is 0 Å². The molecular formula is C17H19ClN2O2. The van der Waals surface area contributed by atoms with Gasteiger partial charge in [-0.3, -0.25) is 4.79 Å². The summed E-state index contributed by atoms with van der Waals surface area (Å²) in [6.45, 7) is 7.03. The van der Waals surface area contributed by atoms with Crippen LogP contribution in [0.25, 0.3) is 11.3 Å². The maximum absolute atomic E-state index is 12.4. The predicted octanol–water partition coefficient (Wildman–Crippen LogP) is 3.93. The number of rotatable bonds is 1. The van der Waals surface area contributed by atoms with Crippen molar-refractivity contribution >= 4 is 17.5 Å². The van der Waals surface area contributed by atoms with Crippen molar-refractivity contribution in [2.24, 2.45) is 5.41 Å². The summed E-state index contributed by atoms with van der Waals surface area (Å²) >= 11 is 5.92. The maximum Gasteiger partial charge on any atom is 0.228 e. The Hall–Kier alpha value is -1.81. The number of fused-ring (bicyclic) bond motifs is 1. The second-order valence-electron chi connectivity index (χ2n) is 6.67. The normalized spacial score (nSPS) is 14.8. The van der Waals surface area contributed by atoms with Gasteiger partial charge in [0, 0.05) is 28.1 Å². The average Bonchev–Trinajstić information content (AvgIpc) is 2.89. The van der Waals surface area contributed by atoms with Crippen molar-refractivity contribution in [1.29, 1.82) is 0 Å². The molecule has 0 spiro atoms. The lowest BCUT2D eigenvalue weighted by atomic mass is 9.92. The van der Waals surface area contributed by atoms with Gasteiger partial charge in [-0.15, -0.1) is 0 Å². The molecule has 1 amide bonds. The summed E-state index contributed by atoms with van der Waals surface area (Å²) in [5, 5.41) is 4.86. The molecule has 4 nitrogen and oxygen atoms in total. The van der Waals surface area contributed by atoms with Crippen LogP contribution in [0.3, 0.4) is 0 Å². The Balaban J connectivity index is 1.86. The van der Waals surface area contributed by atoms with Crippen LogP contribution in [0.4, 0.5) is 0 Å². The van der Waals surface area contributed by atoms with E-state index in [9.17, 15) is 4.79 Å². The van der Waals surface area contributed by atoms with E-state index < -0.39 is 0 Å². The molecule has 1 aliphatic rings. The smallest absolute Gasteiger partial charge is 0.228 e. The van der Waals surface area contributed by atoms with E-state index >= 15 is 0 Å². The van der Waals surface area contributed by atoms with E-state index in [2.05, 4.69) is 5.16 Å². The number of nitrogens with zero attached hydrogens (tertiary/aromatic N) is 2. The largest absolute Gasteiger partial charge is 0.356 e. The molecule has 0 atom stereocenters. The van der Waals surface area contributed by atoms with E-state index in [1.807, 2.05) is 49.9 Å². The van der Waals surface area contributed by atoms with Crippen molar-refractivity contribution in [3.05, 3.63) is 40.5 Å². The highest BCUT2D eigenvalue weighted by molar-refractivity contribution is 6.30. The zero-order valence-corrected chi connectivity index (χ0v) is 13.8. The van der Waals surface area contributed by atoms with Crippen LogP contribution in [0.5, 0.6) is 0 Å². The predicted molar refractivity (Wildman–Crippen MR) is 85.5 cm³/mol. The third-order valence-electron chi connectivity index (χ3n) is 3.88. The Morgan fingerprint density at radius 3 is 2.59 bits per heavy atom. The Morgan fingerprint density at radius 2 is 1.95 bits per heavy atom. The minimum Gasteiger partial charge on any atom is -0.356 e. The van der Waals surface area contributed by atoms with E-state index in [0.717, 1.165) is 29.0 Å². The van der Waals surface area contributed by atoms with Crippen molar-refractivity contribution < 1.29 is 9.32 Å². The Labute approximate surface area is 135 Å². The van der Waals surface area contributed by atoms with Crippen LogP contribution in [0.15, 0.2) is 28.8 Å². The van der Waals surface area contributed by atoms with Crippen molar-refractivity contribution in [2.75, 3.05) is 6.54 Å². The summed E-state index contributed by atoms with van der Waals surface area (Å²) in [4.78, 5) is 14.3. The number of hydrogen-bond donors (Lipinski definition) is 0. The van der Waals surface area contributed by atoms with Crippen LogP contribution in [-0.2, 0) is 17.8 Å². The molecule has 0 unspecified atom stereocenters. The molecule has 3 rings (SSSR count). The zero-order chi connectivity index (χ0) is 15.9. The standard InChI is InChI=1S/C17H19ClN2O2/c1-17(2,3)16(21)20-9-8-13-14(10-20)19-22-15(13)11-4-6-12(18)7-5-11/h4-7H,8-10H2,1-3H3. The minimum atomic E-state index is -0.375. The monoisotopic (exact) mass is 318 g/mol. The van der Waals surface area contributed by atoms with Crippen molar-refractivity contribution in [3.8, 4) is 11.3 Å². The molecular weight excluding hydrogens is 300 g/mol. The second-order valence-corrected chi connectivity index (χ2v) is 7.11. The molecule has 0 aliphatic carbocycles. The first-order valence-electron chi connectivity index (χ1n) is 7.39. The second kappa shape index (κ2) is 5.43. The van der Waals surface area contributed by atoms with E-state index in [0.29, 0.717) is 18.1 Å². The molecule has 0 saturated heterocycles. The first-order chi connectivity index (χ1) is 10.4. The minimum absolute atomic E-state index is 0.147. The quantitative estimate of drug-likeness (QED) is 0.800. The van der Waals surface area contributed by atoms with Gasteiger partial charge in [0.1, 0.15) is 5.69 Å². The molecule has 0 radical (unpaired) electrons. The number of hydrogen-bond acceptors (Lipinski definition) is 3. The first kappa shape index (κ1) is 15.1. The van der Waals surface area contributed by atoms with Crippen LogP contribution in [0.1, 0.15) is 32.0 Å². The number of carbonyl (C=O) groups excluding carboxylic acids is 1. The summed E-state index contributed by atoms with van der Waals surface area (Å²) in [6.07, 6.45) is 0.763. The van der Waals surface area contributed by atoms with Crippen molar-refractivity contribution in [3.63, 3.8) is 0 Å². The van der Waals surface area contributed by atoms with Gasteiger partial charge in [-0.05, 0) is 30.7 Å². The fourth-order valence-electron chi connectivity index (χ4n) is 2.71. The summed E-state index contributed by atoms with van der Waals surface area (Å²) in [7, 11) is 0. The zero-order valence-electron chi connectivity index (χ0n) is 13.0. The van der Waals surface area contributed by atoms with E-state index in [1.165, 1.54) is 0 Å². The average molecular weight is 319 g/mol. The van der Waals surface area contributed by atoms with Gasteiger partial charge >= 0.3 is 0 Å². The summed E-state index contributed by atoms with van der Waals surface area (Å²) in [5.41, 5.74) is 2.54. The van der Waals surface area contributed by atoms with Gasteiger partial charge in [-0.25, -0.2) is 0 Å². The van der Waals surface area contributed by atoms with Crippen LogP contribution in [0, 0.1) is 5.41 Å².